The third kappa shape index (κ3) is 3.93. The number of nitrogens with one attached hydrogen (secondary N) is 1. The fourth-order valence-corrected chi connectivity index (χ4v) is 4.42. The van der Waals surface area contributed by atoms with Gasteiger partial charge in [0.15, 0.2) is 0 Å². The summed E-state index contributed by atoms with van der Waals surface area (Å²) in [7, 11) is -3.59. The summed E-state index contributed by atoms with van der Waals surface area (Å²) in [5.74, 6) is -1.36. The van der Waals surface area contributed by atoms with Crippen molar-refractivity contribution in [2.24, 2.45) is 0 Å². The van der Waals surface area contributed by atoms with Crippen LogP contribution in [0.25, 0.3) is 0 Å². The second-order valence-electron chi connectivity index (χ2n) is 5.69. The van der Waals surface area contributed by atoms with Crippen molar-refractivity contribution in [1.29, 1.82) is 0 Å². The van der Waals surface area contributed by atoms with E-state index in [2.05, 4.69) is 5.32 Å². The van der Waals surface area contributed by atoms with E-state index in [0.29, 0.717) is 24.3 Å². The number of para-hydroxylation sites is 1. The average molecular weight is 383 g/mol. The number of rotatable bonds is 5. The Hall–Kier alpha value is -2.12. The zero-order chi connectivity index (χ0) is 18.0. The molecule has 0 saturated carbocycles. The molecule has 2 aromatic rings. The van der Waals surface area contributed by atoms with Crippen molar-refractivity contribution >= 4 is 38.9 Å². The topological polar surface area (TPSA) is 66.5 Å². The molecule has 0 fully saturated rings. The van der Waals surface area contributed by atoms with Crippen molar-refractivity contribution in [3.05, 3.63) is 58.9 Å². The number of nitrogens with zero attached hydrogens (tertiary/aromatic N) is 1. The van der Waals surface area contributed by atoms with Crippen molar-refractivity contribution in [3.8, 4) is 0 Å². The van der Waals surface area contributed by atoms with Crippen LogP contribution in [0, 0.1) is 5.82 Å². The summed E-state index contributed by atoms with van der Waals surface area (Å²) in [4.78, 5) is 12.0. The quantitative estimate of drug-likeness (QED) is 0.863. The Bertz CT molecular complexity index is 918. The maximum atomic E-state index is 13.1. The Morgan fingerprint density at radius 3 is 2.76 bits per heavy atom. The largest absolute Gasteiger partial charge is 0.326 e. The molecule has 25 heavy (non-hydrogen) atoms. The van der Waals surface area contributed by atoms with E-state index < -0.39 is 21.7 Å². The minimum absolute atomic E-state index is 0.112. The first-order valence-corrected chi connectivity index (χ1v) is 9.69. The first-order chi connectivity index (χ1) is 11.9. The molecule has 3 rings (SSSR count). The second kappa shape index (κ2) is 7.01. The van der Waals surface area contributed by atoms with Gasteiger partial charge in [-0.2, -0.15) is 0 Å². The van der Waals surface area contributed by atoms with Gasteiger partial charge < -0.3 is 5.32 Å². The number of anilines is 2. The molecule has 1 heterocycles. The predicted molar refractivity (Wildman–Crippen MR) is 95.9 cm³/mol. The van der Waals surface area contributed by atoms with Gasteiger partial charge in [-0.05, 0) is 36.2 Å². The lowest BCUT2D eigenvalue weighted by atomic mass is 10.2. The molecule has 1 aliphatic rings. The normalized spacial score (nSPS) is 13.6. The minimum Gasteiger partial charge on any atom is -0.326 e. The molecule has 0 unspecified atom stereocenters. The van der Waals surface area contributed by atoms with Crippen molar-refractivity contribution in [2.45, 2.75) is 12.8 Å². The molecule has 0 aliphatic carbocycles. The van der Waals surface area contributed by atoms with Crippen LogP contribution in [-0.4, -0.2) is 26.6 Å². The highest BCUT2D eigenvalue weighted by Crippen LogP contribution is 2.30. The second-order valence-corrected chi connectivity index (χ2v) is 8.11. The number of amides is 1. The molecule has 0 aromatic heterocycles. The maximum absolute atomic E-state index is 13.1. The van der Waals surface area contributed by atoms with Crippen LogP contribution >= 0.6 is 11.6 Å². The van der Waals surface area contributed by atoms with Gasteiger partial charge >= 0.3 is 0 Å². The van der Waals surface area contributed by atoms with Crippen molar-refractivity contribution in [1.82, 2.24) is 0 Å². The lowest BCUT2D eigenvalue weighted by Gasteiger charge is -2.19. The van der Waals surface area contributed by atoms with Crippen LogP contribution in [0.1, 0.15) is 12.0 Å². The molecule has 2 aromatic carbocycles. The Labute approximate surface area is 150 Å². The summed E-state index contributed by atoms with van der Waals surface area (Å²) in [5.41, 5.74) is 1.98. The molecular formula is C17H16ClFN2O3S. The van der Waals surface area contributed by atoms with E-state index in [-0.39, 0.29) is 17.2 Å². The molecule has 0 spiro atoms. The van der Waals surface area contributed by atoms with E-state index in [1.807, 2.05) is 12.1 Å². The van der Waals surface area contributed by atoms with Gasteiger partial charge in [-0.3, -0.25) is 9.10 Å². The zero-order valence-electron chi connectivity index (χ0n) is 13.2. The first kappa shape index (κ1) is 17.7. The summed E-state index contributed by atoms with van der Waals surface area (Å²) in [6.07, 6.45) is 0.464. The summed E-state index contributed by atoms with van der Waals surface area (Å²) < 4.78 is 39.5. The SMILES string of the molecule is O=C(CCS(=O)(=O)N1CCc2ccccc21)Nc1ccc(F)c(Cl)c1. The number of hydrogen-bond donors (Lipinski definition) is 1. The molecule has 0 bridgehead atoms. The van der Waals surface area contributed by atoms with E-state index in [9.17, 15) is 17.6 Å². The van der Waals surface area contributed by atoms with E-state index in [1.54, 1.807) is 12.1 Å². The molecule has 0 radical (unpaired) electrons. The van der Waals surface area contributed by atoms with Gasteiger partial charge in [0.05, 0.1) is 16.5 Å². The maximum Gasteiger partial charge on any atom is 0.235 e. The number of hydrogen-bond acceptors (Lipinski definition) is 3. The predicted octanol–water partition coefficient (Wildman–Crippen LogP) is 3.20. The van der Waals surface area contributed by atoms with Gasteiger partial charge in [0, 0.05) is 18.7 Å². The smallest absolute Gasteiger partial charge is 0.235 e. The highest BCUT2D eigenvalue weighted by molar-refractivity contribution is 7.92. The number of carbonyl (C=O) groups is 1. The van der Waals surface area contributed by atoms with E-state index in [0.717, 1.165) is 11.6 Å². The Morgan fingerprint density at radius 1 is 1.24 bits per heavy atom. The summed E-state index contributed by atoms with van der Waals surface area (Å²) in [6.45, 7) is 0.386. The number of halogens is 2. The molecule has 0 atom stereocenters. The highest BCUT2D eigenvalue weighted by Gasteiger charge is 2.29. The molecule has 1 N–H and O–H groups in total. The Balaban J connectivity index is 1.62. The molecule has 5 nitrogen and oxygen atoms in total. The van der Waals surface area contributed by atoms with Crippen LogP contribution in [0.3, 0.4) is 0 Å². The molecule has 1 amide bonds. The molecule has 1 aliphatic heterocycles. The highest BCUT2D eigenvalue weighted by atomic mass is 35.5. The van der Waals surface area contributed by atoms with Gasteiger partial charge in [0.25, 0.3) is 0 Å². The van der Waals surface area contributed by atoms with Crippen LogP contribution < -0.4 is 9.62 Å². The van der Waals surface area contributed by atoms with Gasteiger partial charge in [-0.1, -0.05) is 29.8 Å². The Kier molecular flexibility index (Phi) is 4.96. The zero-order valence-corrected chi connectivity index (χ0v) is 14.8. The van der Waals surface area contributed by atoms with Crippen molar-refractivity contribution < 1.29 is 17.6 Å². The van der Waals surface area contributed by atoms with Crippen LogP contribution in [0.4, 0.5) is 15.8 Å². The number of fused-ring (bicyclic) bond motifs is 1. The van der Waals surface area contributed by atoms with Gasteiger partial charge in [-0.25, -0.2) is 12.8 Å². The van der Waals surface area contributed by atoms with Crippen LogP contribution in [0.5, 0.6) is 0 Å². The van der Waals surface area contributed by atoms with Crippen molar-refractivity contribution in [2.75, 3.05) is 21.9 Å². The third-order valence-electron chi connectivity index (χ3n) is 3.97. The summed E-state index contributed by atoms with van der Waals surface area (Å²) >= 11 is 5.65. The van der Waals surface area contributed by atoms with Gasteiger partial charge in [0.2, 0.25) is 15.9 Å². The standard InChI is InChI=1S/C17H16ClFN2O3S/c18-14-11-13(5-6-15(14)19)20-17(22)8-10-25(23,24)21-9-7-12-3-1-2-4-16(12)21/h1-6,11H,7-10H2,(H,20,22). The number of carbonyl (C=O) groups excluding carboxylic acids is 1. The van der Waals surface area contributed by atoms with Gasteiger partial charge in [-0.15, -0.1) is 0 Å². The third-order valence-corrected chi connectivity index (χ3v) is 6.03. The fourth-order valence-electron chi connectivity index (χ4n) is 2.73. The van der Waals surface area contributed by atoms with E-state index in [4.69, 9.17) is 11.6 Å². The lowest BCUT2D eigenvalue weighted by molar-refractivity contribution is -0.115. The average Bonchev–Trinajstić information content (AvgIpc) is 3.01. The summed E-state index contributed by atoms with van der Waals surface area (Å²) in [5, 5.41) is 2.41. The molecule has 0 saturated heterocycles. The van der Waals surface area contributed by atoms with E-state index >= 15 is 0 Å². The Morgan fingerprint density at radius 2 is 2.00 bits per heavy atom. The monoisotopic (exact) mass is 382 g/mol. The summed E-state index contributed by atoms with van der Waals surface area (Å²) in [6, 6.07) is 11.1. The minimum atomic E-state index is -3.59. The molecule has 8 heteroatoms. The molecule has 132 valence electrons. The molecular weight excluding hydrogens is 367 g/mol. The first-order valence-electron chi connectivity index (χ1n) is 7.70. The van der Waals surface area contributed by atoms with Crippen molar-refractivity contribution in [3.63, 3.8) is 0 Å². The van der Waals surface area contributed by atoms with Crippen LogP contribution in [-0.2, 0) is 21.2 Å². The van der Waals surface area contributed by atoms with Crippen LogP contribution in [0.15, 0.2) is 42.5 Å². The van der Waals surface area contributed by atoms with Gasteiger partial charge in [0.1, 0.15) is 5.82 Å². The lowest BCUT2D eigenvalue weighted by Crippen LogP contribution is -2.32. The fraction of sp³-hybridized carbons (Fsp3) is 0.235. The van der Waals surface area contributed by atoms with E-state index in [1.165, 1.54) is 16.4 Å². The number of sulfonamides is 1. The van der Waals surface area contributed by atoms with Crippen LogP contribution in [0.2, 0.25) is 5.02 Å². The number of benzene rings is 2.